The summed E-state index contributed by atoms with van der Waals surface area (Å²) in [7, 11) is -3.73. The molecule has 0 atom stereocenters. The molecule has 29 heavy (non-hydrogen) atoms. The van der Waals surface area contributed by atoms with Crippen molar-refractivity contribution in [2.24, 2.45) is 5.92 Å². The van der Waals surface area contributed by atoms with E-state index in [1.165, 1.54) is 28.6 Å². The van der Waals surface area contributed by atoms with E-state index in [0.29, 0.717) is 29.6 Å². The fourth-order valence-electron chi connectivity index (χ4n) is 3.31. The third kappa shape index (κ3) is 3.97. The van der Waals surface area contributed by atoms with Gasteiger partial charge in [-0.3, -0.25) is 4.79 Å². The summed E-state index contributed by atoms with van der Waals surface area (Å²) in [6.45, 7) is 0.442. The first-order chi connectivity index (χ1) is 13.9. The van der Waals surface area contributed by atoms with Crippen LogP contribution in [0.3, 0.4) is 0 Å². The number of piperidine rings is 1. The van der Waals surface area contributed by atoms with Gasteiger partial charge >= 0.3 is 0 Å². The van der Waals surface area contributed by atoms with Crippen molar-refractivity contribution in [3.63, 3.8) is 0 Å². The molecule has 11 heteroatoms. The van der Waals surface area contributed by atoms with E-state index in [4.69, 9.17) is 11.6 Å². The van der Waals surface area contributed by atoms with Gasteiger partial charge in [-0.05, 0) is 43.2 Å². The number of sulfonamides is 1. The van der Waals surface area contributed by atoms with Gasteiger partial charge < -0.3 is 5.32 Å². The molecule has 2 heterocycles. The maximum absolute atomic E-state index is 13.2. The molecular formula is C18H16ClFN4O3S2. The second kappa shape index (κ2) is 7.94. The van der Waals surface area contributed by atoms with Gasteiger partial charge in [0.2, 0.25) is 15.9 Å². The summed E-state index contributed by atoms with van der Waals surface area (Å²) >= 11 is 6.70. The molecule has 7 nitrogen and oxygen atoms in total. The van der Waals surface area contributed by atoms with Crippen LogP contribution >= 0.6 is 23.3 Å². The number of amides is 1. The van der Waals surface area contributed by atoms with Crippen molar-refractivity contribution >= 4 is 56.0 Å². The van der Waals surface area contributed by atoms with Crippen LogP contribution in [0.15, 0.2) is 41.3 Å². The molecule has 4 rings (SSSR count). The highest BCUT2D eigenvalue weighted by Crippen LogP contribution is 2.29. The van der Waals surface area contributed by atoms with E-state index in [1.54, 1.807) is 12.1 Å². The number of nitrogens with zero attached hydrogens (tertiary/aromatic N) is 3. The molecule has 1 saturated heterocycles. The molecule has 1 N–H and O–H groups in total. The van der Waals surface area contributed by atoms with Crippen LogP contribution in [-0.2, 0) is 14.8 Å². The summed E-state index contributed by atoms with van der Waals surface area (Å²) in [5, 5.41) is 2.64. The van der Waals surface area contributed by atoms with Gasteiger partial charge in [-0.2, -0.15) is 13.1 Å². The van der Waals surface area contributed by atoms with Gasteiger partial charge in [-0.15, -0.1) is 0 Å². The second-order valence-corrected chi connectivity index (χ2v) is 9.53. The Kier molecular flexibility index (Phi) is 5.52. The number of carbonyl (C=O) groups is 1. The van der Waals surface area contributed by atoms with Gasteiger partial charge in [0.1, 0.15) is 21.7 Å². The molecule has 1 aliphatic heterocycles. The Labute approximate surface area is 175 Å². The Hall–Kier alpha value is -2.14. The first kappa shape index (κ1) is 20.1. The Morgan fingerprint density at radius 1 is 1.21 bits per heavy atom. The topological polar surface area (TPSA) is 92.3 Å². The molecule has 3 aromatic rings. The summed E-state index contributed by atoms with van der Waals surface area (Å²) in [6.07, 6.45) is 0.760. The van der Waals surface area contributed by atoms with Crippen LogP contribution in [0.1, 0.15) is 12.8 Å². The fourth-order valence-corrected chi connectivity index (χ4v) is 5.71. The molecule has 0 saturated carbocycles. The molecule has 1 amide bonds. The molecule has 0 aliphatic carbocycles. The average molecular weight is 455 g/mol. The lowest BCUT2D eigenvalue weighted by atomic mass is 9.97. The maximum atomic E-state index is 13.2. The lowest BCUT2D eigenvalue weighted by Crippen LogP contribution is -2.41. The van der Waals surface area contributed by atoms with Crippen LogP contribution in [0.2, 0.25) is 5.02 Å². The molecule has 2 aromatic carbocycles. The maximum Gasteiger partial charge on any atom is 0.245 e. The van der Waals surface area contributed by atoms with Gasteiger partial charge in [-0.25, -0.2) is 12.8 Å². The largest absolute Gasteiger partial charge is 0.326 e. The van der Waals surface area contributed by atoms with Gasteiger partial charge in [0.15, 0.2) is 0 Å². The highest BCUT2D eigenvalue weighted by Gasteiger charge is 2.33. The minimum absolute atomic E-state index is 0.0746. The Balaban J connectivity index is 1.44. The Morgan fingerprint density at radius 3 is 2.69 bits per heavy atom. The summed E-state index contributed by atoms with van der Waals surface area (Å²) in [5.41, 5.74) is 1.31. The molecule has 0 bridgehead atoms. The van der Waals surface area contributed by atoms with Crippen LogP contribution in [0.5, 0.6) is 0 Å². The lowest BCUT2D eigenvalue weighted by molar-refractivity contribution is -0.120. The van der Waals surface area contributed by atoms with E-state index in [-0.39, 0.29) is 34.8 Å². The number of hydrogen-bond acceptors (Lipinski definition) is 6. The number of fused-ring (bicyclic) bond motifs is 1. The molecule has 0 radical (unpaired) electrons. The highest BCUT2D eigenvalue weighted by atomic mass is 35.5. The first-order valence-corrected chi connectivity index (χ1v) is 11.4. The normalized spacial score (nSPS) is 16.2. The molecule has 152 valence electrons. The van der Waals surface area contributed by atoms with Crippen molar-refractivity contribution in [2.45, 2.75) is 17.7 Å². The van der Waals surface area contributed by atoms with Gasteiger partial charge in [0, 0.05) is 24.7 Å². The monoisotopic (exact) mass is 454 g/mol. The van der Waals surface area contributed by atoms with Crippen LogP contribution in [0, 0.1) is 11.7 Å². The van der Waals surface area contributed by atoms with Crippen molar-refractivity contribution < 1.29 is 17.6 Å². The van der Waals surface area contributed by atoms with Gasteiger partial charge in [0.25, 0.3) is 0 Å². The van der Waals surface area contributed by atoms with E-state index in [9.17, 15) is 17.6 Å². The van der Waals surface area contributed by atoms with E-state index >= 15 is 0 Å². The van der Waals surface area contributed by atoms with Crippen molar-refractivity contribution in [1.82, 2.24) is 13.1 Å². The zero-order chi connectivity index (χ0) is 20.6. The molecule has 1 fully saturated rings. The standard InChI is InChI=1S/C18H16ClFN4O3S2/c19-13-10-12(4-5-14(13)20)21-18(25)11-6-8-24(9-7-11)29(26,27)16-3-1-2-15-17(16)23-28-22-15/h1-5,10-11H,6-9H2,(H,21,25). The average Bonchev–Trinajstić information content (AvgIpc) is 3.19. The van der Waals surface area contributed by atoms with E-state index in [1.807, 2.05) is 0 Å². The molecule has 1 aromatic heterocycles. The number of aromatic nitrogens is 2. The highest BCUT2D eigenvalue weighted by molar-refractivity contribution is 7.89. The molecule has 0 spiro atoms. The smallest absolute Gasteiger partial charge is 0.245 e. The van der Waals surface area contributed by atoms with Crippen LogP contribution < -0.4 is 5.32 Å². The van der Waals surface area contributed by atoms with Crippen LogP contribution in [0.4, 0.5) is 10.1 Å². The summed E-state index contributed by atoms with van der Waals surface area (Å²) in [6, 6.07) is 8.84. The number of halogens is 2. The van der Waals surface area contributed by atoms with E-state index < -0.39 is 15.8 Å². The Morgan fingerprint density at radius 2 is 1.97 bits per heavy atom. The Bertz CT molecular complexity index is 1180. The zero-order valence-corrected chi connectivity index (χ0v) is 17.4. The van der Waals surface area contributed by atoms with E-state index in [0.717, 1.165) is 11.7 Å². The van der Waals surface area contributed by atoms with Crippen molar-refractivity contribution in [1.29, 1.82) is 0 Å². The third-order valence-electron chi connectivity index (χ3n) is 4.88. The predicted molar refractivity (Wildman–Crippen MR) is 109 cm³/mol. The SMILES string of the molecule is O=C(Nc1ccc(F)c(Cl)c1)C1CCN(S(=O)(=O)c2cccc3nsnc23)CC1. The minimum Gasteiger partial charge on any atom is -0.326 e. The number of carbonyl (C=O) groups excluding carboxylic acids is 1. The molecular weight excluding hydrogens is 439 g/mol. The third-order valence-corrected chi connectivity index (χ3v) is 7.64. The summed E-state index contributed by atoms with van der Waals surface area (Å²) in [5.74, 6) is -1.15. The van der Waals surface area contributed by atoms with Gasteiger partial charge in [-0.1, -0.05) is 17.7 Å². The van der Waals surface area contributed by atoms with Crippen LogP contribution in [0.25, 0.3) is 11.0 Å². The number of anilines is 1. The minimum atomic E-state index is -3.73. The quantitative estimate of drug-likeness (QED) is 0.651. The first-order valence-electron chi connectivity index (χ1n) is 8.83. The number of benzene rings is 2. The van der Waals surface area contributed by atoms with Crippen molar-refractivity contribution in [3.8, 4) is 0 Å². The number of nitrogens with one attached hydrogen (secondary N) is 1. The fraction of sp³-hybridized carbons (Fsp3) is 0.278. The summed E-state index contributed by atoms with van der Waals surface area (Å²) < 4.78 is 48.9. The predicted octanol–water partition coefficient (Wildman–Crippen LogP) is 3.52. The zero-order valence-electron chi connectivity index (χ0n) is 15.0. The summed E-state index contributed by atoms with van der Waals surface area (Å²) in [4.78, 5) is 12.6. The van der Waals surface area contributed by atoms with E-state index in [2.05, 4.69) is 14.1 Å². The number of hydrogen-bond donors (Lipinski definition) is 1. The number of rotatable bonds is 4. The molecule has 1 aliphatic rings. The lowest BCUT2D eigenvalue weighted by Gasteiger charge is -2.30. The van der Waals surface area contributed by atoms with Crippen molar-refractivity contribution in [3.05, 3.63) is 47.2 Å². The molecule has 0 unspecified atom stereocenters. The van der Waals surface area contributed by atoms with Crippen LogP contribution in [-0.4, -0.2) is 40.5 Å². The second-order valence-electron chi connectivity index (χ2n) is 6.68. The van der Waals surface area contributed by atoms with Gasteiger partial charge in [0.05, 0.1) is 16.8 Å². The van der Waals surface area contributed by atoms with Crippen molar-refractivity contribution in [2.75, 3.05) is 18.4 Å².